The molecule has 0 radical (unpaired) electrons. The highest BCUT2D eigenvalue weighted by molar-refractivity contribution is 9.10. The molecule has 0 bridgehead atoms. The smallest absolute Gasteiger partial charge is 0.307 e. The number of aliphatic carboxylic acids is 1. The van der Waals surface area contributed by atoms with Gasteiger partial charge in [0.25, 0.3) is 0 Å². The summed E-state index contributed by atoms with van der Waals surface area (Å²) in [5, 5.41) is 17.5. The van der Waals surface area contributed by atoms with Gasteiger partial charge in [-0.3, -0.25) is 4.79 Å². The van der Waals surface area contributed by atoms with E-state index in [1.807, 2.05) is 6.07 Å². The van der Waals surface area contributed by atoms with Crippen molar-refractivity contribution in [1.82, 2.24) is 0 Å². The minimum absolute atomic E-state index is 0.0478. The van der Waals surface area contributed by atoms with Crippen molar-refractivity contribution in [1.29, 1.82) is 5.26 Å². The Morgan fingerprint density at radius 1 is 1.64 bits per heavy atom. The summed E-state index contributed by atoms with van der Waals surface area (Å²) in [5.41, 5.74) is 1.91. The van der Waals surface area contributed by atoms with Gasteiger partial charge in [-0.25, -0.2) is 0 Å². The van der Waals surface area contributed by atoms with Crippen molar-refractivity contribution in [3.8, 4) is 6.07 Å². The van der Waals surface area contributed by atoms with Crippen LogP contribution in [0.2, 0.25) is 0 Å². The molecule has 72 valence electrons. The lowest BCUT2D eigenvalue weighted by Gasteiger charge is -2.06. The molecular weight excluding hydrogens is 246 g/mol. The lowest BCUT2D eigenvalue weighted by Crippen LogP contribution is -2.03. The second kappa shape index (κ2) is 4.25. The molecule has 1 aromatic rings. The van der Waals surface area contributed by atoms with Gasteiger partial charge < -0.3 is 5.11 Å². The van der Waals surface area contributed by atoms with Crippen molar-refractivity contribution >= 4 is 21.9 Å². The lowest BCUT2D eigenvalue weighted by molar-refractivity contribution is -0.136. The van der Waals surface area contributed by atoms with Crippen LogP contribution < -0.4 is 0 Å². The number of nitrogens with zero attached hydrogens (tertiary/aromatic N) is 1. The van der Waals surface area contributed by atoms with E-state index < -0.39 is 5.97 Å². The third-order valence-corrected chi connectivity index (χ3v) is 2.64. The van der Waals surface area contributed by atoms with Gasteiger partial charge in [-0.1, -0.05) is 6.07 Å². The first kappa shape index (κ1) is 10.7. The van der Waals surface area contributed by atoms with Crippen LogP contribution in [0.4, 0.5) is 0 Å². The average molecular weight is 254 g/mol. The quantitative estimate of drug-likeness (QED) is 0.880. The van der Waals surface area contributed by atoms with E-state index in [4.69, 9.17) is 10.4 Å². The molecular formula is C10H8BrNO2. The first-order chi connectivity index (χ1) is 6.56. The molecule has 0 unspecified atom stereocenters. The van der Waals surface area contributed by atoms with Gasteiger partial charge in [0.2, 0.25) is 0 Å². The van der Waals surface area contributed by atoms with Gasteiger partial charge in [-0.15, -0.1) is 0 Å². The predicted octanol–water partition coefficient (Wildman–Crippen LogP) is 2.26. The SMILES string of the molecule is Cc1c(CC(=O)O)ccc(Br)c1C#N. The summed E-state index contributed by atoms with van der Waals surface area (Å²) in [6.07, 6.45) is -0.0478. The maximum Gasteiger partial charge on any atom is 0.307 e. The number of nitriles is 1. The number of carboxylic acid groups (broad SMARTS) is 1. The molecule has 0 heterocycles. The van der Waals surface area contributed by atoms with Gasteiger partial charge in [0.1, 0.15) is 6.07 Å². The molecule has 3 nitrogen and oxygen atoms in total. The summed E-state index contributed by atoms with van der Waals surface area (Å²) in [6.45, 7) is 1.75. The van der Waals surface area contributed by atoms with Crippen LogP contribution in [0.3, 0.4) is 0 Å². The van der Waals surface area contributed by atoms with Gasteiger partial charge in [0, 0.05) is 4.47 Å². The largest absolute Gasteiger partial charge is 0.481 e. The minimum Gasteiger partial charge on any atom is -0.481 e. The number of hydrogen-bond donors (Lipinski definition) is 1. The second-order valence-electron chi connectivity index (χ2n) is 2.89. The molecule has 4 heteroatoms. The first-order valence-electron chi connectivity index (χ1n) is 3.96. The van der Waals surface area contributed by atoms with Crippen LogP contribution in [0.1, 0.15) is 16.7 Å². The monoisotopic (exact) mass is 253 g/mol. The number of carbonyl (C=O) groups is 1. The Morgan fingerprint density at radius 2 is 2.29 bits per heavy atom. The van der Waals surface area contributed by atoms with E-state index in [1.165, 1.54) is 0 Å². The molecule has 14 heavy (non-hydrogen) atoms. The Hall–Kier alpha value is -1.34. The number of halogens is 1. The van der Waals surface area contributed by atoms with Crippen molar-refractivity contribution < 1.29 is 9.90 Å². The van der Waals surface area contributed by atoms with E-state index in [-0.39, 0.29) is 6.42 Å². The summed E-state index contributed by atoms with van der Waals surface area (Å²) in [7, 11) is 0. The third-order valence-electron chi connectivity index (χ3n) is 1.98. The van der Waals surface area contributed by atoms with E-state index in [0.717, 1.165) is 5.56 Å². The zero-order valence-corrected chi connectivity index (χ0v) is 9.13. The van der Waals surface area contributed by atoms with Crippen LogP contribution in [0.5, 0.6) is 0 Å². The van der Waals surface area contributed by atoms with Crippen LogP contribution in [0, 0.1) is 18.3 Å². The Labute approximate surface area is 90.1 Å². The zero-order valence-electron chi connectivity index (χ0n) is 7.54. The van der Waals surface area contributed by atoms with Gasteiger partial charge in [0.05, 0.1) is 12.0 Å². The standard InChI is InChI=1S/C10H8BrNO2/c1-6-7(4-10(13)14)2-3-9(11)8(6)5-12/h2-3H,4H2,1H3,(H,13,14). The normalized spacial score (nSPS) is 9.50. The molecule has 0 aliphatic rings. The summed E-state index contributed by atoms with van der Waals surface area (Å²) in [5.74, 6) is -0.890. The fraction of sp³-hybridized carbons (Fsp3) is 0.200. The van der Waals surface area contributed by atoms with E-state index >= 15 is 0 Å². The number of rotatable bonds is 2. The first-order valence-corrected chi connectivity index (χ1v) is 4.75. The Balaban J connectivity index is 3.23. The maximum absolute atomic E-state index is 10.5. The molecule has 1 rings (SSSR count). The van der Waals surface area contributed by atoms with Crippen LogP contribution in [0.25, 0.3) is 0 Å². The van der Waals surface area contributed by atoms with Crippen LogP contribution in [-0.2, 0) is 11.2 Å². The summed E-state index contributed by atoms with van der Waals surface area (Å²) in [6, 6.07) is 5.45. The highest BCUT2D eigenvalue weighted by atomic mass is 79.9. The molecule has 0 amide bonds. The molecule has 0 aliphatic carbocycles. The minimum atomic E-state index is -0.890. The van der Waals surface area contributed by atoms with Crippen LogP contribution in [0.15, 0.2) is 16.6 Å². The molecule has 0 aromatic heterocycles. The molecule has 0 spiro atoms. The lowest BCUT2D eigenvalue weighted by atomic mass is 10.0. The van der Waals surface area contributed by atoms with E-state index in [2.05, 4.69) is 15.9 Å². The van der Waals surface area contributed by atoms with Gasteiger partial charge in [-0.05, 0) is 40.0 Å². The predicted molar refractivity (Wildman–Crippen MR) is 54.9 cm³/mol. The molecule has 0 aliphatic heterocycles. The van der Waals surface area contributed by atoms with Crippen LogP contribution >= 0.6 is 15.9 Å². The number of carboxylic acids is 1. The van der Waals surface area contributed by atoms with Crippen molar-refractivity contribution in [3.63, 3.8) is 0 Å². The molecule has 1 N–H and O–H groups in total. The highest BCUT2D eigenvalue weighted by Crippen LogP contribution is 2.22. The fourth-order valence-corrected chi connectivity index (χ4v) is 1.73. The molecule has 0 saturated carbocycles. The van der Waals surface area contributed by atoms with Gasteiger partial charge >= 0.3 is 5.97 Å². The number of hydrogen-bond acceptors (Lipinski definition) is 2. The summed E-state index contributed by atoms with van der Waals surface area (Å²) in [4.78, 5) is 10.5. The van der Waals surface area contributed by atoms with Crippen molar-refractivity contribution in [2.24, 2.45) is 0 Å². The van der Waals surface area contributed by atoms with Gasteiger partial charge in [0.15, 0.2) is 0 Å². The third kappa shape index (κ3) is 2.12. The average Bonchev–Trinajstić information content (AvgIpc) is 2.10. The second-order valence-corrected chi connectivity index (χ2v) is 3.74. The van der Waals surface area contributed by atoms with E-state index in [1.54, 1.807) is 19.1 Å². The van der Waals surface area contributed by atoms with Crippen molar-refractivity contribution in [3.05, 3.63) is 33.3 Å². The van der Waals surface area contributed by atoms with Crippen LogP contribution in [-0.4, -0.2) is 11.1 Å². The Kier molecular flexibility index (Phi) is 3.26. The van der Waals surface area contributed by atoms with Crippen molar-refractivity contribution in [2.45, 2.75) is 13.3 Å². The van der Waals surface area contributed by atoms with E-state index in [0.29, 0.717) is 15.6 Å². The topological polar surface area (TPSA) is 61.1 Å². The maximum atomic E-state index is 10.5. The van der Waals surface area contributed by atoms with E-state index in [9.17, 15) is 4.79 Å². The zero-order chi connectivity index (χ0) is 10.7. The molecule has 0 fully saturated rings. The van der Waals surface area contributed by atoms with Crippen molar-refractivity contribution in [2.75, 3.05) is 0 Å². The summed E-state index contributed by atoms with van der Waals surface area (Å²) >= 11 is 3.24. The number of benzene rings is 1. The highest BCUT2D eigenvalue weighted by Gasteiger charge is 2.10. The Morgan fingerprint density at radius 3 is 2.79 bits per heavy atom. The molecule has 1 aromatic carbocycles. The Bertz CT molecular complexity index is 421. The fourth-order valence-electron chi connectivity index (χ4n) is 1.21. The molecule has 0 atom stereocenters. The summed E-state index contributed by atoms with van der Waals surface area (Å²) < 4.78 is 0.701. The molecule has 0 saturated heterocycles. The van der Waals surface area contributed by atoms with Gasteiger partial charge in [-0.2, -0.15) is 5.26 Å².